The zero-order valence-corrected chi connectivity index (χ0v) is 11.6. The summed E-state index contributed by atoms with van der Waals surface area (Å²) in [5.41, 5.74) is 0.217. The van der Waals surface area contributed by atoms with Gasteiger partial charge in [0.25, 0.3) is 5.91 Å². The highest BCUT2D eigenvalue weighted by molar-refractivity contribution is 7.98. The largest absolute Gasteiger partial charge is 0.376 e. The van der Waals surface area contributed by atoms with Crippen molar-refractivity contribution in [2.75, 3.05) is 19.4 Å². The number of hydrogen-bond acceptors (Lipinski definition) is 5. The van der Waals surface area contributed by atoms with E-state index < -0.39 is 0 Å². The fourth-order valence-electron chi connectivity index (χ4n) is 1.70. The molecule has 1 fully saturated rings. The third kappa shape index (κ3) is 3.34. The summed E-state index contributed by atoms with van der Waals surface area (Å²) in [6, 6.07) is 0. The molecule has 0 bridgehead atoms. The summed E-state index contributed by atoms with van der Waals surface area (Å²) < 4.78 is 5.43. The third-order valence-electron chi connectivity index (χ3n) is 2.63. The Labute approximate surface area is 115 Å². The van der Waals surface area contributed by atoms with Gasteiger partial charge in [0.05, 0.1) is 17.3 Å². The van der Waals surface area contributed by atoms with Crippen LogP contribution in [0.2, 0.25) is 5.02 Å². The van der Waals surface area contributed by atoms with Crippen LogP contribution in [0.25, 0.3) is 0 Å². The van der Waals surface area contributed by atoms with Gasteiger partial charge in [-0.05, 0) is 19.1 Å². The Kier molecular flexibility index (Phi) is 4.79. The Morgan fingerprint density at radius 1 is 1.72 bits per heavy atom. The van der Waals surface area contributed by atoms with Crippen molar-refractivity contribution in [3.8, 4) is 0 Å². The van der Waals surface area contributed by atoms with Crippen LogP contribution in [0, 0.1) is 0 Å². The molecule has 0 unspecified atom stereocenters. The number of aromatic nitrogens is 2. The highest BCUT2D eigenvalue weighted by atomic mass is 35.5. The lowest BCUT2D eigenvalue weighted by molar-refractivity contribution is 0.0853. The van der Waals surface area contributed by atoms with E-state index in [1.165, 1.54) is 18.0 Å². The fraction of sp³-hybridized carbons (Fsp3) is 0.545. The van der Waals surface area contributed by atoms with Crippen LogP contribution in [0.1, 0.15) is 23.3 Å². The molecular weight excluding hydrogens is 274 g/mol. The molecule has 1 aromatic rings. The predicted molar refractivity (Wildman–Crippen MR) is 70.1 cm³/mol. The normalized spacial score (nSPS) is 18.9. The summed E-state index contributed by atoms with van der Waals surface area (Å²) in [7, 11) is 0. The highest BCUT2D eigenvalue weighted by Gasteiger charge is 2.19. The molecule has 1 aliphatic heterocycles. The molecule has 0 saturated carbocycles. The minimum Gasteiger partial charge on any atom is -0.376 e. The van der Waals surface area contributed by atoms with Crippen molar-refractivity contribution in [2.24, 2.45) is 0 Å². The molecule has 18 heavy (non-hydrogen) atoms. The van der Waals surface area contributed by atoms with Crippen molar-refractivity contribution in [1.29, 1.82) is 0 Å². The number of nitrogens with one attached hydrogen (secondary N) is 1. The lowest BCUT2D eigenvalue weighted by Crippen LogP contribution is -2.32. The number of thioether (sulfide) groups is 1. The van der Waals surface area contributed by atoms with E-state index in [4.69, 9.17) is 16.3 Å². The lowest BCUT2D eigenvalue weighted by Gasteiger charge is -2.11. The van der Waals surface area contributed by atoms with Crippen LogP contribution >= 0.6 is 23.4 Å². The molecule has 0 aliphatic carbocycles. The maximum absolute atomic E-state index is 11.9. The average molecular weight is 288 g/mol. The number of rotatable bonds is 4. The van der Waals surface area contributed by atoms with Gasteiger partial charge >= 0.3 is 0 Å². The van der Waals surface area contributed by atoms with Crippen LogP contribution < -0.4 is 5.32 Å². The summed E-state index contributed by atoms with van der Waals surface area (Å²) >= 11 is 7.28. The minimum absolute atomic E-state index is 0.106. The monoisotopic (exact) mass is 287 g/mol. The predicted octanol–water partition coefficient (Wildman–Crippen LogP) is 1.76. The van der Waals surface area contributed by atoms with Crippen LogP contribution in [0.5, 0.6) is 0 Å². The first-order chi connectivity index (χ1) is 8.70. The van der Waals surface area contributed by atoms with Gasteiger partial charge < -0.3 is 10.1 Å². The van der Waals surface area contributed by atoms with Gasteiger partial charge in [0.2, 0.25) is 0 Å². The molecule has 0 aromatic carbocycles. The van der Waals surface area contributed by atoms with Crippen LogP contribution in [0.3, 0.4) is 0 Å². The van der Waals surface area contributed by atoms with E-state index in [2.05, 4.69) is 15.3 Å². The van der Waals surface area contributed by atoms with Crippen molar-refractivity contribution in [1.82, 2.24) is 15.3 Å². The highest BCUT2D eigenvalue weighted by Crippen LogP contribution is 2.16. The van der Waals surface area contributed by atoms with Crippen LogP contribution in [0.4, 0.5) is 0 Å². The maximum Gasteiger partial charge on any atom is 0.271 e. The van der Waals surface area contributed by atoms with E-state index in [-0.39, 0.29) is 22.7 Å². The molecule has 5 nitrogen and oxygen atoms in total. The Bertz CT molecular complexity index is 438. The average Bonchev–Trinajstić information content (AvgIpc) is 2.89. The second-order valence-electron chi connectivity index (χ2n) is 3.90. The number of hydrogen-bond donors (Lipinski definition) is 1. The fourth-order valence-corrected chi connectivity index (χ4v) is 2.22. The summed E-state index contributed by atoms with van der Waals surface area (Å²) in [5, 5.41) is 3.58. The van der Waals surface area contributed by atoms with Crippen LogP contribution in [0.15, 0.2) is 11.4 Å². The summed E-state index contributed by atoms with van der Waals surface area (Å²) in [5.74, 6) is -0.284. The first-order valence-electron chi connectivity index (χ1n) is 5.67. The van der Waals surface area contributed by atoms with E-state index >= 15 is 0 Å². The number of carbonyl (C=O) groups excluding carboxylic acids is 1. The van der Waals surface area contributed by atoms with Gasteiger partial charge in [-0.25, -0.2) is 9.97 Å². The topological polar surface area (TPSA) is 64.1 Å². The van der Waals surface area contributed by atoms with Gasteiger partial charge in [0.15, 0.2) is 10.9 Å². The molecule has 1 atom stereocenters. The van der Waals surface area contributed by atoms with E-state index in [9.17, 15) is 4.79 Å². The van der Waals surface area contributed by atoms with Gasteiger partial charge in [-0.1, -0.05) is 23.4 Å². The second-order valence-corrected chi connectivity index (χ2v) is 5.08. The summed E-state index contributed by atoms with van der Waals surface area (Å²) in [4.78, 5) is 20.0. The molecule has 1 N–H and O–H groups in total. The summed E-state index contributed by atoms with van der Waals surface area (Å²) in [6.07, 6.45) is 5.42. The first kappa shape index (κ1) is 13.6. The number of halogens is 1. The van der Waals surface area contributed by atoms with Gasteiger partial charge in [-0.2, -0.15) is 0 Å². The molecule has 98 valence electrons. The third-order valence-corrected chi connectivity index (χ3v) is 3.47. The number of amides is 1. The zero-order chi connectivity index (χ0) is 13.0. The van der Waals surface area contributed by atoms with E-state index in [0.717, 1.165) is 19.4 Å². The molecule has 0 radical (unpaired) electrons. The molecule has 7 heteroatoms. The molecular formula is C11H14ClN3O2S. The Hall–Kier alpha value is -0.850. The van der Waals surface area contributed by atoms with Crippen LogP contribution in [-0.2, 0) is 4.74 Å². The Balaban J connectivity index is 1.98. The molecule has 1 amide bonds. The van der Waals surface area contributed by atoms with Crippen molar-refractivity contribution >= 4 is 29.3 Å². The number of nitrogens with zero attached hydrogens (tertiary/aromatic N) is 2. The van der Waals surface area contributed by atoms with Gasteiger partial charge in [-0.3, -0.25) is 4.79 Å². The molecule has 0 spiro atoms. The number of ether oxygens (including phenoxy) is 1. The minimum atomic E-state index is -0.284. The standard InChI is InChI=1S/C11H14ClN3O2S/c1-18-11-14-6-8(12)9(15-11)10(16)13-5-7-3-2-4-17-7/h6-7H,2-5H2,1H3,(H,13,16)/t7-/m1/s1. The molecule has 2 heterocycles. The van der Waals surface area contributed by atoms with Gasteiger partial charge in [0.1, 0.15) is 0 Å². The van der Waals surface area contributed by atoms with Crippen molar-refractivity contribution < 1.29 is 9.53 Å². The molecule has 1 saturated heterocycles. The first-order valence-corrected chi connectivity index (χ1v) is 7.27. The lowest BCUT2D eigenvalue weighted by atomic mass is 10.2. The second kappa shape index (κ2) is 6.36. The maximum atomic E-state index is 11.9. The molecule has 1 aromatic heterocycles. The van der Waals surface area contributed by atoms with E-state index in [1.807, 2.05) is 6.26 Å². The van der Waals surface area contributed by atoms with E-state index in [1.54, 1.807) is 0 Å². The summed E-state index contributed by atoms with van der Waals surface area (Å²) in [6.45, 7) is 1.26. The van der Waals surface area contributed by atoms with Crippen LogP contribution in [-0.4, -0.2) is 41.4 Å². The van der Waals surface area contributed by atoms with Gasteiger partial charge in [-0.15, -0.1) is 0 Å². The Morgan fingerprint density at radius 3 is 3.22 bits per heavy atom. The smallest absolute Gasteiger partial charge is 0.271 e. The van der Waals surface area contributed by atoms with Gasteiger partial charge in [0, 0.05) is 13.2 Å². The zero-order valence-electron chi connectivity index (χ0n) is 9.98. The van der Waals surface area contributed by atoms with Crippen molar-refractivity contribution in [3.05, 3.63) is 16.9 Å². The quantitative estimate of drug-likeness (QED) is 0.675. The Morgan fingerprint density at radius 2 is 2.56 bits per heavy atom. The van der Waals surface area contributed by atoms with Crippen molar-refractivity contribution in [3.63, 3.8) is 0 Å². The molecule has 1 aliphatic rings. The number of carbonyl (C=O) groups is 1. The molecule has 2 rings (SSSR count). The van der Waals surface area contributed by atoms with Crippen molar-refractivity contribution in [2.45, 2.75) is 24.1 Å². The van der Waals surface area contributed by atoms with E-state index in [0.29, 0.717) is 11.7 Å². The SMILES string of the molecule is CSc1ncc(Cl)c(C(=O)NC[C@H]2CCCO2)n1.